The first-order valence-electron chi connectivity index (χ1n) is 5.31. The highest BCUT2D eigenvalue weighted by Crippen LogP contribution is 2.24. The summed E-state index contributed by atoms with van der Waals surface area (Å²) in [5.41, 5.74) is 1.84. The molecule has 0 bridgehead atoms. The average molecular weight is 251 g/mol. The molecule has 0 fully saturated rings. The summed E-state index contributed by atoms with van der Waals surface area (Å²) in [6, 6.07) is 8.02. The molecule has 3 nitrogen and oxygen atoms in total. The van der Waals surface area contributed by atoms with Crippen molar-refractivity contribution in [3.05, 3.63) is 52.4 Å². The molecule has 18 heavy (non-hydrogen) atoms. The quantitative estimate of drug-likeness (QED) is 0.911. The van der Waals surface area contributed by atoms with E-state index in [1.807, 2.05) is 0 Å². The molecule has 0 aliphatic heterocycles. The zero-order valence-electron chi connectivity index (χ0n) is 9.61. The first-order chi connectivity index (χ1) is 8.56. The molecule has 0 aliphatic carbocycles. The molecule has 94 valence electrons. The van der Waals surface area contributed by atoms with Gasteiger partial charge in [0.2, 0.25) is 0 Å². The van der Waals surface area contributed by atoms with Crippen LogP contribution in [0.5, 0.6) is 5.75 Å². The van der Waals surface area contributed by atoms with Gasteiger partial charge in [-0.2, -0.15) is 8.78 Å². The minimum atomic E-state index is -2.85. The molecule has 1 aromatic heterocycles. The van der Waals surface area contributed by atoms with E-state index >= 15 is 0 Å². The van der Waals surface area contributed by atoms with Gasteiger partial charge in [0.25, 0.3) is 5.56 Å². The Morgan fingerprint density at radius 1 is 1.22 bits per heavy atom. The highest BCUT2D eigenvalue weighted by atomic mass is 19.3. The van der Waals surface area contributed by atoms with Crippen LogP contribution in [-0.4, -0.2) is 11.6 Å². The first-order valence-corrected chi connectivity index (χ1v) is 5.31. The Hall–Kier alpha value is -2.17. The molecule has 2 aromatic rings. The maximum Gasteiger partial charge on any atom is 0.387 e. The summed E-state index contributed by atoms with van der Waals surface area (Å²) in [7, 11) is 0. The molecule has 0 atom stereocenters. The van der Waals surface area contributed by atoms with Crippen molar-refractivity contribution in [1.29, 1.82) is 0 Å². The number of nitrogens with one attached hydrogen (secondary N) is 1. The van der Waals surface area contributed by atoms with Gasteiger partial charge in [0.15, 0.2) is 0 Å². The number of hydrogen-bond donors (Lipinski definition) is 1. The second-order valence-corrected chi connectivity index (χ2v) is 3.81. The van der Waals surface area contributed by atoms with E-state index in [0.29, 0.717) is 11.1 Å². The smallest absolute Gasteiger partial charge is 0.387 e. The highest BCUT2D eigenvalue weighted by Gasteiger charge is 2.06. The van der Waals surface area contributed by atoms with Gasteiger partial charge in [-0.15, -0.1) is 0 Å². The maximum absolute atomic E-state index is 12.1. The van der Waals surface area contributed by atoms with Crippen LogP contribution in [0.25, 0.3) is 11.1 Å². The highest BCUT2D eigenvalue weighted by molar-refractivity contribution is 5.64. The van der Waals surface area contributed by atoms with Crippen LogP contribution in [0.3, 0.4) is 0 Å². The van der Waals surface area contributed by atoms with Gasteiger partial charge in [-0.1, -0.05) is 12.1 Å². The maximum atomic E-state index is 12.1. The van der Waals surface area contributed by atoms with Crippen LogP contribution in [0.4, 0.5) is 8.78 Å². The monoisotopic (exact) mass is 251 g/mol. The number of aromatic amines is 1. The molecule has 0 spiro atoms. The normalized spacial score (nSPS) is 10.7. The molecule has 1 heterocycles. The molecule has 2 rings (SSSR count). The Balaban J connectivity index is 2.38. The van der Waals surface area contributed by atoms with E-state index in [2.05, 4.69) is 9.72 Å². The van der Waals surface area contributed by atoms with E-state index in [4.69, 9.17) is 0 Å². The minimum Gasteiger partial charge on any atom is -0.435 e. The minimum absolute atomic E-state index is 0.0892. The van der Waals surface area contributed by atoms with E-state index in [1.165, 1.54) is 18.3 Å². The SMILES string of the molecule is Cc1cc(-c2cccc(OC(F)F)c2)c[nH]c1=O. The van der Waals surface area contributed by atoms with Crippen molar-refractivity contribution in [2.24, 2.45) is 0 Å². The van der Waals surface area contributed by atoms with Gasteiger partial charge < -0.3 is 9.72 Å². The Morgan fingerprint density at radius 2 is 2.00 bits per heavy atom. The third-order valence-electron chi connectivity index (χ3n) is 2.48. The molecular weight excluding hydrogens is 240 g/mol. The summed E-state index contributed by atoms with van der Waals surface area (Å²) >= 11 is 0. The lowest BCUT2D eigenvalue weighted by Gasteiger charge is -2.07. The van der Waals surface area contributed by atoms with E-state index in [-0.39, 0.29) is 11.3 Å². The van der Waals surface area contributed by atoms with Crippen molar-refractivity contribution in [2.45, 2.75) is 13.5 Å². The summed E-state index contributed by atoms with van der Waals surface area (Å²) < 4.78 is 28.5. The van der Waals surface area contributed by atoms with E-state index in [1.54, 1.807) is 25.1 Å². The summed E-state index contributed by atoms with van der Waals surface area (Å²) in [4.78, 5) is 13.8. The molecule has 1 N–H and O–H groups in total. The summed E-state index contributed by atoms with van der Waals surface area (Å²) in [6.45, 7) is -1.17. The lowest BCUT2D eigenvalue weighted by atomic mass is 10.1. The fourth-order valence-electron chi connectivity index (χ4n) is 1.62. The number of benzene rings is 1. The Kier molecular flexibility index (Phi) is 3.41. The molecule has 0 saturated carbocycles. The Labute approximate surface area is 102 Å². The molecule has 0 aliphatic rings. The number of ether oxygens (including phenoxy) is 1. The van der Waals surface area contributed by atoms with Crippen LogP contribution in [0.1, 0.15) is 5.56 Å². The average Bonchev–Trinajstić information content (AvgIpc) is 2.32. The predicted molar refractivity (Wildman–Crippen MR) is 63.9 cm³/mol. The van der Waals surface area contributed by atoms with Gasteiger partial charge in [0.1, 0.15) is 5.75 Å². The lowest BCUT2D eigenvalue weighted by molar-refractivity contribution is -0.0498. The number of H-pyrrole nitrogens is 1. The summed E-state index contributed by atoms with van der Waals surface area (Å²) in [5, 5.41) is 0. The van der Waals surface area contributed by atoms with Crippen LogP contribution in [0.15, 0.2) is 41.3 Å². The fourth-order valence-corrected chi connectivity index (χ4v) is 1.62. The number of aryl methyl sites for hydroxylation is 1. The molecular formula is C13H11F2NO2. The second kappa shape index (κ2) is 5.00. The molecule has 1 aromatic carbocycles. The van der Waals surface area contributed by atoms with Crippen molar-refractivity contribution >= 4 is 0 Å². The summed E-state index contributed by atoms with van der Waals surface area (Å²) in [5.74, 6) is 0.0892. The predicted octanol–water partition coefficient (Wildman–Crippen LogP) is 2.95. The van der Waals surface area contributed by atoms with E-state index < -0.39 is 6.61 Å². The standard InChI is InChI=1S/C13H11F2NO2/c1-8-5-10(7-16-12(8)17)9-3-2-4-11(6-9)18-13(14)15/h2-7,13H,1H3,(H,16,17). The van der Waals surface area contributed by atoms with E-state index in [0.717, 1.165) is 5.56 Å². The Bertz CT molecular complexity index is 608. The van der Waals surface area contributed by atoms with Crippen LogP contribution in [0, 0.1) is 6.92 Å². The van der Waals surface area contributed by atoms with Crippen LogP contribution >= 0.6 is 0 Å². The van der Waals surface area contributed by atoms with Gasteiger partial charge in [-0.25, -0.2) is 0 Å². The van der Waals surface area contributed by atoms with Crippen molar-refractivity contribution in [3.8, 4) is 16.9 Å². The summed E-state index contributed by atoms with van der Waals surface area (Å²) in [6.07, 6.45) is 1.54. The fraction of sp³-hybridized carbons (Fsp3) is 0.154. The van der Waals surface area contributed by atoms with Crippen molar-refractivity contribution < 1.29 is 13.5 Å². The zero-order valence-corrected chi connectivity index (χ0v) is 9.61. The van der Waals surface area contributed by atoms with Crippen LogP contribution < -0.4 is 10.3 Å². The zero-order chi connectivity index (χ0) is 13.1. The van der Waals surface area contributed by atoms with Crippen molar-refractivity contribution in [3.63, 3.8) is 0 Å². The number of aromatic nitrogens is 1. The largest absolute Gasteiger partial charge is 0.435 e. The van der Waals surface area contributed by atoms with Crippen molar-refractivity contribution in [1.82, 2.24) is 4.98 Å². The topological polar surface area (TPSA) is 42.1 Å². The van der Waals surface area contributed by atoms with Crippen LogP contribution in [0.2, 0.25) is 0 Å². The number of hydrogen-bond acceptors (Lipinski definition) is 2. The van der Waals surface area contributed by atoms with Gasteiger partial charge in [-0.3, -0.25) is 4.79 Å². The molecule has 0 amide bonds. The van der Waals surface area contributed by atoms with Gasteiger partial charge in [0, 0.05) is 11.8 Å². The molecule has 5 heteroatoms. The number of halogens is 2. The lowest BCUT2D eigenvalue weighted by Crippen LogP contribution is -2.08. The third-order valence-corrected chi connectivity index (χ3v) is 2.48. The second-order valence-electron chi connectivity index (χ2n) is 3.81. The number of pyridine rings is 1. The van der Waals surface area contributed by atoms with E-state index in [9.17, 15) is 13.6 Å². The number of rotatable bonds is 3. The Morgan fingerprint density at radius 3 is 2.67 bits per heavy atom. The number of alkyl halides is 2. The molecule has 0 saturated heterocycles. The van der Waals surface area contributed by atoms with Crippen LogP contribution in [-0.2, 0) is 0 Å². The van der Waals surface area contributed by atoms with Gasteiger partial charge >= 0.3 is 6.61 Å². The molecule has 0 radical (unpaired) electrons. The first kappa shape index (κ1) is 12.3. The van der Waals surface area contributed by atoms with Crippen molar-refractivity contribution in [2.75, 3.05) is 0 Å². The molecule has 0 unspecified atom stereocenters. The third kappa shape index (κ3) is 2.74. The van der Waals surface area contributed by atoms with Gasteiger partial charge in [0.05, 0.1) is 0 Å². The van der Waals surface area contributed by atoms with Gasteiger partial charge in [-0.05, 0) is 36.2 Å².